The number of rotatable bonds is 3. The van der Waals surface area contributed by atoms with E-state index in [1.165, 1.54) is 6.07 Å². The van der Waals surface area contributed by atoms with Gasteiger partial charge in [0.05, 0.1) is 0 Å². The lowest BCUT2D eigenvalue weighted by Gasteiger charge is -2.37. The summed E-state index contributed by atoms with van der Waals surface area (Å²) in [5, 5.41) is 2.40. The number of sulfonamides is 1. The normalized spacial score (nSPS) is 16.3. The second-order valence-electron chi connectivity index (χ2n) is 5.76. The molecule has 9 heteroatoms. The van der Waals surface area contributed by atoms with Crippen molar-refractivity contribution in [2.24, 2.45) is 10.1 Å². The number of aryl methyl sites for hydroxylation is 1. The molecule has 1 aromatic carbocycles. The van der Waals surface area contributed by atoms with Gasteiger partial charge in [-0.3, -0.25) is 0 Å². The van der Waals surface area contributed by atoms with Crippen LogP contribution in [0, 0.1) is 6.92 Å². The maximum absolute atomic E-state index is 12.2. The molecule has 1 saturated heterocycles. The standard InChI is InChI=1S/C16H19ClN4O2S2/c1-12-4-5-13(17)11-14(12)20-6-8-21(9-7-20)16(18)19-25(22,23)15-3-2-10-24-15/h2-5,10-11H,6-9H2,1H3,(H2,18,19). The molecule has 0 amide bonds. The summed E-state index contributed by atoms with van der Waals surface area (Å²) >= 11 is 7.22. The molecule has 1 fully saturated rings. The third-order valence-electron chi connectivity index (χ3n) is 4.08. The number of anilines is 1. The highest BCUT2D eigenvalue weighted by atomic mass is 35.5. The first-order chi connectivity index (χ1) is 11.9. The summed E-state index contributed by atoms with van der Waals surface area (Å²) < 4.78 is 28.4. The monoisotopic (exact) mass is 398 g/mol. The quantitative estimate of drug-likeness (QED) is 0.634. The van der Waals surface area contributed by atoms with E-state index in [2.05, 4.69) is 9.30 Å². The number of guanidine groups is 1. The third kappa shape index (κ3) is 4.08. The van der Waals surface area contributed by atoms with E-state index in [1.54, 1.807) is 16.3 Å². The minimum Gasteiger partial charge on any atom is -0.369 e. The van der Waals surface area contributed by atoms with Gasteiger partial charge < -0.3 is 15.5 Å². The van der Waals surface area contributed by atoms with Crippen molar-refractivity contribution >= 4 is 44.6 Å². The predicted molar refractivity (Wildman–Crippen MR) is 103 cm³/mol. The van der Waals surface area contributed by atoms with Gasteiger partial charge in [-0.2, -0.15) is 8.42 Å². The lowest BCUT2D eigenvalue weighted by molar-refractivity contribution is 0.382. The molecule has 1 aliphatic heterocycles. The topological polar surface area (TPSA) is 79.0 Å². The van der Waals surface area contributed by atoms with Gasteiger partial charge in [0.2, 0.25) is 5.96 Å². The van der Waals surface area contributed by atoms with Crippen LogP contribution in [-0.2, 0) is 10.0 Å². The van der Waals surface area contributed by atoms with Crippen LogP contribution in [0.15, 0.2) is 44.3 Å². The van der Waals surface area contributed by atoms with Gasteiger partial charge in [-0.15, -0.1) is 15.7 Å². The Morgan fingerprint density at radius 3 is 2.60 bits per heavy atom. The number of halogens is 1. The van der Waals surface area contributed by atoms with E-state index >= 15 is 0 Å². The van der Waals surface area contributed by atoms with Crippen LogP contribution in [0.3, 0.4) is 0 Å². The SMILES string of the molecule is Cc1ccc(Cl)cc1N1CCN(/C(N)=N\S(=O)(=O)c2cccs2)CC1. The van der Waals surface area contributed by atoms with Gasteiger partial charge in [0.15, 0.2) is 0 Å². The van der Waals surface area contributed by atoms with Crippen molar-refractivity contribution in [1.82, 2.24) is 4.90 Å². The molecule has 2 N–H and O–H groups in total. The number of benzene rings is 1. The van der Waals surface area contributed by atoms with Crippen molar-refractivity contribution in [1.29, 1.82) is 0 Å². The predicted octanol–water partition coefficient (Wildman–Crippen LogP) is 2.54. The van der Waals surface area contributed by atoms with Crippen molar-refractivity contribution in [3.8, 4) is 0 Å². The Hall–Kier alpha value is -1.77. The summed E-state index contributed by atoms with van der Waals surface area (Å²) in [6, 6.07) is 9.02. The van der Waals surface area contributed by atoms with E-state index < -0.39 is 10.0 Å². The molecule has 1 aliphatic rings. The van der Waals surface area contributed by atoms with Crippen molar-refractivity contribution in [2.45, 2.75) is 11.1 Å². The summed E-state index contributed by atoms with van der Waals surface area (Å²) in [5.41, 5.74) is 8.18. The van der Waals surface area contributed by atoms with Crippen LogP contribution < -0.4 is 10.6 Å². The highest BCUT2D eigenvalue weighted by Gasteiger charge is 2.22. The van der Waals surface area contributed by atoms with Crippen LogP contribution >= 0.6 is 22.9 Å². The van der Waals surface area contributed by atoms with Crippen LogP contribution in [0.1, 0.15) is 5.56 Å². The Labute approximate surface area is 156 Å². The zero-order valence-electron chi connectivity index (χ0n) is 13.7. The third-order valence-corrected chi connectivity index (χ3v) is 6.97. The second-order valence-corrected chi connectivity index (χ2v) is 8.98. The average Bonchev–Trinajstić information content (AvgIpc) is 3.12. The summed E-state index contributed by atoms with van der Waals surface area (Å²) in [4.78, 5) is 4.01. The van der Waals surface area contributed by atoms with Crippen LogP contribution in [0.4, 0.5) is 5.69 Å². The Kier molecular flexibility index (Phi) is 5.21. The number of nitrogens with zero attached hydrogens (tertiary/aromatic N) is 3. The Morgan fingerprint density at radius 1 is 1.24 bits per heavy atom. The van der Waals surface area contributed by atoms with Gasteiger partial charge in [-0.1, -0.05) is 23.7 Å². The highest BCUT2D eigenvalue weighted by molar-refractivity contribution is 7.92. The van der Waals surface area contributed by atoms with E-state index in [0.29, 0.717) is 18.1 Å². The van der Waals surface area contributed by atoms with Crippen LogP contribution in [-0.4, -0.2) is 45.5 Å². The highest BCUT2D eigenvalue weighted by Crippen LogP contribution is 2.25. The number of hydrogen-bond donors (Lipinski definition) is 1. The van der Waals surface area contributed by atoms with E-state index in [1.807, 2.05) is 25.1 Å². The Bertz CT molecular complexity index is 874. The molecule has 0 unspecified atom stereocenters. The van der Waals surface area contributed by atoms with Gasteiger partial charge in [0.1, 0.15) is 4.21 Å². The molecule has 0 atom stereocenters. The second kappa shape index (κ2) is 7.23. The average molecular weight is 399 g/mol. The molecule has 6 nitrogen and oxygen atoms in total. The van der Waals surface area contributed by atoms with Crippen LogP contribution in [0.25, 0.3) is 0 Å². The first-order valence-electron chi connectivity index (χ1n) is 7.77. The van der Waals surface area contributed by atoms with Crippen LogP contribution in [0.2, 0.25) is 5.02 Å². The molecule has 0 bridgehead atoms. The van der Waals surface area contributed by atoms with Crippen molar-refractivity contribution in [3.63, 3.8) is 0 Å². The summed E-state index contributed by atoms with van der Waals surface area (Å²) in [7, 11) is -3.73. The lowest BCUT2D eigenvalue weighted by atomic mass is 10.1. The number of piperazine rings is 1. The molecule has 0 spiro atoms. The molecule has 1 aromatic heterocycles. The number of thiophene rings is 1. The Balaban J connectivity index is 1.70. The molecular formula is C16H19ClN4O2S2. The molecule has 2 aromatic rings. The fraction of sp³-hybridized carbons (Fsp3) is 0.312. The largest absolute Gasteiger partial charge is 0.369 e. The van der Waals surface area contributed by atoms with Crippen molar-refractivity contribution in [3.05, 3.63) is 46.3 Å². The van der Waals surface area contributed by atoms with Gasteiger partial charge in [0, 0.05) is 36.9 Å². The Morgan fingerprint density at radius 2 is 1.96 bits per heavy atom. The molecule has 0 radical (unpaired) electrons. The first-order valence-corrected chi connectivity index (χ1v) is 10.5. The zero-order chi connectivity index (χ0) is 18.0. The first kappa shape index (κ1) is 18.0. The van der Waals surface area contributed by atoms with Crippen LogP contribution in [0.5, 0.6) is 0 Å². The maximum Gasteiger partial charge on any atom is 0.295 e. The fourth-order valence-corrected chi connectivity index (χ4v) is 4.82. The van der Waals surface area contributed by atoms with Gasteiger partial charge >= 0.3 is 0 Å². The van der Waals surface area contributed by atoms with Gasteiger partial charge in [0.25, 0.3) is 10.0 Å². The molecule has 25 heavy (non-hydrogen) atoms. The van der Waals surface area contributed by atoms with Gasteiger partial charge in [-0.05, 0) is 36.1 Å². The number of hydrogen-bond acceptors (Lipinski definition) is 4. The van der Waals surface area contributed by atoms with E-state index in [4.69, 9.17) is 17.3 Å². The number of nitrogens with two attached hydrogens (primary N) is 1. The molecule has 2 heterocycles. The fourth-order valence-electron chi connectivity index (χ4n) is 2.74. The smallest absolute Gasteiger partial charge is 0.295 e. The summed E-state index contributed by atoms with van der Waals surface area (Å²) in [6.45, 7) is 4.68. The van der Waals surface area contributed by atoms with E-state index in [0.717, 1.165) is 35.7 Å². The van der Waals surface area contributed by atoms with Crippen molar-refractivity contribution in [2.75, 3.05) is 31.1 Å². The van der Waals surface area contributed by atoms with E-state index in [9.17, 15) is 8.42 Å². The van der Waals surface area contributed by atoms with Crippen molar-refractivity contribution < 1.29 is 8.42 Å². The molecule has 0 aliphatic carbocycles. The molecule has 134 valence electrons. The minimum absolute atomic E-state index is 0.0378. The van der Waals surface area contributed by atoms with Gasteiger partial charge in [-0.25, -0.2) is 0 Å². The minimum atomic E-state index is -3.73. The summed E-state index contributed by atoms with van der Waals surface area (Å²) in [5.74, 6) is 0.0378. The van der Waals surface area contributed by atoms with E-state index in [-0.39, 0.29) is 10.2 Å². The summed E-state index contributed by atoms with van der Waals surface area (Å²) in [6.07, 6.45) is 0. The zero-order valence-corrected chi connectivity index (χ0v) is 16.1. The molecule has 0 saturated carbocycles. The lowest BCUT2D eigenvalue weighted by Crippen LogP contribution is -2.51. The maximum atomic E-state index is 12.2. The molecule has 3 rings (SSSR count). The molecular weight excluding hydrogens is 380 g/mol.